The molecule has 3 heterocycles. The fraction of sp³-hybridized carbons (Fsp3) is 0.167. The number of hydrogen-bond donors (Lipinski definition) is 1. The van der Waals surface area contributed by atoms with Crippen molar-refractivity contribution in [3.8, 4) is 39.9 Å². The molecule has 0 fully saturated rings. The van der Waals surface area contributed by atoms with Crippen LogP contribution in [-0.4, -0.2) is 51.6 Å². The van der Waals surface area contributed by atoms with Gasteiger partial charge in [-0.05, 0) is 80.9 Å². The molecule has 0 radical (unpaired) electrons. The maximum Gasteiger partial charge on any atom is 0.350 e. The average Bonchev–Trinajstić information content (AvgIpc) is 3.52. The Labute approximate surface area is 271 Å². The average molecular weight is 672 g/mol. The number of nitrogens with zero attached hydrogens (tertiary/aromatic N) is 6. The number of aryl methyl sites for hydroxylation is 3. The highest BCUT2D eigenvalue weighted by atomic mass is 35.5. The van der Waals surface area contributed by atoms with Crippen LogP contribution in [0.25, 0.3) is 39.7 Å². The van der Waals surface area contributed by atoms with Gasteiger partial charge in [0.2, 0.25) is 0 Å². The van der Waals surface area contributed by atoms with Gasteiger partial charge in [0.05, 0.1) is 0 Å². The minimum Gasteiger partial charge on any atom is -0.507 e. The Morgan fingerprint density at radius 1 is 0.867 bits per heavy atom. The van der Waals surface area contributed by atoms with Gasteiger partial charge in [0, 0.05) is 41.3 Å². The molecule has 232 valence electrons. The zero-order valence-electron chi connectivity index (χ0n) is 24.5. The first-order chi connectivity index (χ1) is 21.2. The monoisotopic (exact) mass is 670 g/mol. The lowest BCUT2D eigenvalue weighted by Gasteiger charge is -2.02. The van der Waals surface area contributed by atoms with E-state index in [4.69, 9.17) is 39.2 Å². The minimum absolute atomic E-state index is 0.0131. The maximum atomic E-state index is 12.0. The molecule has 0 atom stereocenters. The van der Waals surface area contributed by atoms with Crippen LogP contribution >= 0.6 is 34.8 Å². The molecule has 0 spiro atoms. The number of aromatic nitrogens is 6. The minimum atomic E-state index is -0.923. The number of halogens is 3. The molecule has 3 aromatic heterocycles. The number of ketones is 1. The predicted molar refractivity (Wildman–Crippen MR) is 170 cm³/mol. The molecule has 0 aliphatic heterocycles. The van der Waals surface area contributed by atoms with Crippen molar-refractivity contribution >= 4 is 57.3 Å². The number of carbonyl (C=O) groups is 2. The third kappa shape index (κ3) is 9.07. The Morgan fingerprint density at radius 3 is 1.78 bits per heavy atom. The van der Waals surface area contributed by atoms with Gasteiger partial charge in [-0.15, -0.1) is 0 Å². The zero-order chi connectivity index (χ0) is 33.4. The van der Waals surface area contributed by atoms with Crippen molar-refractivity contribution in [3.63, 3.8) is 0 Å². The van der Waals surface area contributed by atoms with E-state index in [-0.39, 0.29) is 34.3 Å². The van der Waals surface area contributed by atoms with Crippen LogP contribution in [0.5, 0.6) is 5.75 Å². The third-order valence-electron chi connectivity index (χ3n) is 5.53. The van der Waals surface area contributed by atoms with E-state index in [1.807, 2.05) is 0 Å². The summed E-state index contributed by atoms with van der Waals surface area (Å²) in [6.45, 7) is 4.64. The molecule has 12 nitrogen and oxygen atoms in total. The second-order valence-electron chi connectivity index (χ2n) is 9.34. The molecule has 5 aromatic rings. The third-order valence-corrected chi connectivity index (χ3v) is 6.22. The molecule has 0 aliphatic carbocycles. The molecular weight excluding hydrogens is 647 g/mol. The summed E-state index contributed by atoms with van der Waals surface area (Å²) in [5.41, 5.74) is 0.439. The topological polar surface area (TPSA) is 163 Å². The summed E-state index contributed by atoms with van der Waals surface area (Å²) in [5, 5.41) is 18.7. The predicted octanol–water partition coefficient (Wildman–Crippen LogP) is 5.48. The van der Waals surface area contributed by atoms with Crippen LogP contribution in [0, 0.1) is 6.92 Å². The Morgan fingerprint density at radius 2 is 1.33 bits per heavy atom. The van der Waals surface area contributed by atoms with E-state index in [0.29, 0.717) is 33.0 Å². The summed E-state index contributed by atoms with van der Waals surface area (Å²) in [6.07, 6.45) is 0. The van der Waals surface area contributed by atoms with Crippen LogP contribution in [0.3, 0.4) is 0 Å². The van der Waals surface area contributed by atoms with Crippen LogP contribution < -0.4 is 5.63 Å². The van der Waals surface area contributed by atoms with Gasteiger partial charge < -0.3 is 14.3 Å². The Hall–Kier alpha value is -4.87. The molecule has 15 heteroatoms. The molecule has 0 bridgehead atoms. The van der Waals surface area contributed by atoms with Gasteiger partial charge in [0.1, 0.15) is 28.8 Å². The van der Waals surface area contributed by atoms with Gasteiger partial charge in [-0.3, -0.25) is 4.79 Å². The van der Waals surface area contributed by atoms with Gasteiger partial charge >= 0.3 is 5.63 Å². The summed E-state index contributed by atoms with van der Waals surface area (Å²) in [4.78, 5) is 51.7. The van der Waals surface area contributed by atoms with Crippen molar-refractivity contribution in [3.05, 3.63) is 86.6 Å². The highest BCUT2D eigenvalue weighted by Crippen LogP contribution is 2.27. The van der Waals surface area contributed by atoms with E-state index >= 15 is 0 Å². The molecule has 2 aromatic carbocycles. The van der Waals surface area contributed by atoms with Crippen molar-refractivity contribution in [2.75, 3.05) is 0 Å². The number of allylic oxidation sites excluding steroid dienone is 1. The fourth-order valence-corrected chi connectivity index (χ4v) is 4.00. The highest BCUT2D eigenvalue weighted by Gasteiger charge is 2.20. The molecule has 45 heavy (non-hydrogen) atoms. The zero-order valence-corrected chi connectivity index (χ0v) is 26.8. The van der Waals surface area contributed by atoms with Crippen molar-refractivity contribution < 1.29 is 23.9 Å². The van der Waals surface area contributed by atoms with Crippen LogP contribution in [0.4, 0.5) is 0 Å². The van der Waals surface area contributed by atoms with Crippen LogP contribution in [0.2, 0.25) is 10.0 Å². The number of hydrogen-bond acceptors (Lipinski definition) is 10. The Kier molecular flexibility index (Phi) is 11.7. The van der Waals surface area contributed by atoms with Crippen molar-refractivity contribution in [2.45, 2.75) is 20.8 Å². The standard InChI is InChI=1S/C15H12ClN3O3.C12H7Cl2N3O2.C3H6O/c1-8-7-11(20)12(15(21)22-8)14-17-13(18-19(14)2)9-3-5-10(16)6-4-9;1-17-12(9(6-18)10(14)19)15-11(16-17)7-2-4-8(13)5-3-7;1-3(2)4/h3-7,20H,1-2H3;2-5H,1H3;1-2H3. The number of benzene rings is 2. The molecule has 0 unspecified atom stereocenters. The number of Topliss-reactive ketones (excluding diaryl/α,β-unsaturated/α-hetero) is 1. The summed E-state index contributed by atoms with van der Waals surface area (Å²) in [7, 11) is 3.19. The first-order valence-corrected chi connectivity index (χ1v) is 14.0. The number of carbonyl (C=O) groups excluding carboxylic acids is 3. The van der Waals surface area contributed by atoms with Crippen LogP contribution in [0.15, 0.2) is 63.8 Å². The molecule has 0 amide bonds. The first-order valence-electron chi connectivity index (χ1n) is 12.8. The number of rotatable bonds is 5. The molecule has 5 rings (SSSR count). The molecule has 0 saturated heterocycles. The van der Waals surface area contributed by atoms with Crippen molar-refractivity contribution in [1.82, 2.24) is 29.5 Å². The summed E-state index contributed by atoms with van der Waals surface area (Å²) in [6, 6.07) is 15.2. The SMILES string of the molecule is CC(C)=O.Cc1cc(O)c(-c2nc(-c3ccc(Cl)cc3)nn2C)c(=O)o1.Cn1nc(-c2ccc(Cl)cc2)nc1C(=C=O)C(=O)Cl. The second kappa shape index (κ2) is 15.2. The molecular formula is C30H25Cl3N6O6. The fourth-order valence-electron chi connectivity index (χ4n) is 3.62. The van der Waals surface area contributed by atoms with Crippen LogP contribution in [0.1, 0.15) is 25.4 Å². The molecule has 0 saturated carbocycles. The van der Waals surface area contributed by atoms with E-state index in [1.54, 1.807) is 69.6 Å². The lowest BCUT2D eigenvalue weighted by molar-refractivity contribution is -0.115. The van der Waals surface area contributed by atoms with Gasteiger partial charge in [-0.2, -0.15) is 10.2 Å². The second-order valence-corrected chi connectivity index (χ2v) is 10.6. The normalized spacial score (nSPS) is 10.1. The van der Waals surface area contributed by atoms with E-state index in [0.717, 1.165) is 5.56 Å². The highest BCUT2D eigenvalue weighted by molar-refractivity contribution is 6.75. The smallest absolute Gasteiger partial charge is 0.350 e. The van der Waals surface area contributed by atoms with Crippen molar-refractivity contribution in [1.29, 1.82) is 0 Å². The van der Waals surface area contributed by atoms with Gasteiger partial charge in [0.15, 0.2) is 28.9 Å². The van der Waals surface area contributed by atoms with Gasteiger partial charge in [-0.25, -0.2) is 28.9 Å². The van der Waals surface area contributed by atoms with Gasteiger partial charge in [-0.1, -0.05) is 23.2 Å². The van der Waals surface area contributed by atoms with Gasteiger partial charge in [0.25, 0.3) is 5.24 Å². The Balaban J connectivity index is 0.000000222. The lowest BCUT2D eigenvalue weighted by Crippen LogP contribution is -2.08. The van der Waals surface area contributed by atoms with Crippen LogP contribution in [-0.2, 0) is 28.5 Å². The summed E-state index contributed by atoms with van der Waals surface area (Å²) >= 11 is 16.9. The molecule has 0 aliphatic rings. The summed E-state index contributed by atoms with van der Waals surface area (Å²) in [5.74, 6) is 2.86. The van der Waals surface area contributed by atoms with E-state index in [1.165, 1.54) is 35.2 Å². The maximum absolute atomic E-state index is 12.0. The van der Waals surface area contributed by atoms with E-state index in [9.17, 15) is 24.3 Å². The quantitative estimate of drug-likeness (QED) is 0.144. The van der Waals surface area contributed by atoms with E-state index < -0.39 is 10.9 Å². The first kappa shape index (κ1) is 34.6. The Bertz CT molecular complexity index is 1950. The number of aromatic hydroxyl groups is 1. The molecule has 1 N–H and O–H groups in total. The largest absolute Gasteiger partial charge is 0.507 e. The lowest BCUT2D eigenvalue weighted by atomic mass is 10.2. The van der Waals surface area contributed by atoms with E-state index in [2.05, 4.69) is 20.2 Å². The van der Waals surface area contributed by atoms with Crippen molar-refractivity contribution in [2.24, 2.45) is 14.1 Å². The summed E-state index contributed by atoms with van der Waals surface area (Å²) < 4.78 is 7.73.